The standard InChI is InChI=1S/C19H26N2O2S/c1-14-9-10-24-17(14)13-20-11-15-5-7-16(8-6-15)12-21-18(22)23-19(2,3)4/h5-10,20H,11-13H2,1-4H3,(H,21,22). The molecule has 2 rings (SSSR count). The van der Waals surface area contributed by atoms with E-state index in [2.05, 4.69) is 41.1 Å². The SMILES string of the molecule is Cc1ccsc1CNCc1ccc(CNC(=O)OC(C)(C)C)cc1. The molecule has 0 saturated heterocycles. The average molecular weight is 346 g/mol. The van der Waals surface area contributed by atoms with Gasteiger partial charge in [0.15, 0.2) is 0 Å². The van der Waals surface area contributed by atoms with Crippen LogP contribution in [0.1, 0.15) is 42.3 Å². The van der Waals surface area contributed by atoms with Gasteiger partial charge in [-0.05, 0) is 55.8 Å². The Balaban J connectivity index is 1.74. The van der Waals surface area contributed by atoms with Crippen LogP contribution in [0.4, 0.5) is 4.79 Å². The third kappa shape index (κ3) is 6.34. The van der Waals surface area contributed by atoms with Crippen LogP contribution in [0.5, 0.6) is 0 Å². The van der Waals surface area contributed by atoms with Gasteiger partial charge < -0.3 is 15.4 Å². The van der Waals surface area contributed by atoms with Crippen LogP contribution in [0.15, 0.2) is 35.7 Å². The summed E-state index contributed by atoms with van der Waals surface area (Å²) in [7, 11) is 0. The zero-order valence-corrected chi connectivity index (χ0v) is 15.6. The molecule has 0 spiro atoms. The highest BCUT2D eigenvalue weighted by molar-refractivity contribution is 7.10. The lowest BCUT2D eigenvalue weighted by Crippen LogP contribution is -2.32. The molecule has 0 bridgehead atoms. The Hall–Kier alpha value is -1.85. The van der Waals surface area contributed by atoms with Crippen molar-refractivity contribution in [3.8, 4) is 0 Å². The highest BCUT2D eigenvalue weighted by Gasteiger charge is 2.15. The summed E-state index contributed by atoms with van der Waals surface area (Å²) in [6, 6.07) is 10.4. The van der Waals surface area contributed by atoms with Gasteiger partial charge in [0.25, 0.3) is 0 Å². The van der Waals surface area contributed by atoms with E-state index in [0.29, 0.717) is 6.54 Å². The molecule has 130 valence electrons. The predicted molar refractivity (Wildman–Crippen MR) is 99.1 cm³/mol. The van der Waals surface area contributed by atoms with Gasteiger partial charge >= 0.3 is 6.09 Å². The minimum atomic E-state index is -0.472. The summed E-state index contributed by atoms with van der Waals surface area (Å²) in [5, 5.41) is 8.35. The maximum atomic E-state index is 11.6. The molecule has 0 aliphatic rings. The van der Waals surface area contributed by atoms with Crippen molar-refractivity contribution in [1.82, 2.24) is 10.6 Å². The first kappa shape index (κ1) is 18.5. The number of aryl methyl sites for hydroxylation is 1. The summed E-state index contributed by atoms with van der Waals surface area (Å²) < 4.78 is 5.22. The lowest BCUT2D eigenvalue weighted by Gasteiger charge is -2.19. The number of carbonyl (C=O) groups excluding carboxylic acids is 1. The average Bonchev–Trinajstić information content (AvgIpc) is 2.90. The maximum Gasteiger partial charge on any atom is 0.407 e. The monoisotopic (exact) mass is 346 g/mol. The summed E-state index contributed by atoms with van der Waals surface area (Å²) in [6.45, 7) is 9.89. The third-order valence-electron chi connectivity index (χ3n) is 3.44. The van der Waals surface area contributed by atoms with E-state index in [-0.39, 0.29) is 6.09 Å². The minimum absolute atomic E-state index is 0.389. The van der Waals surface area contributed by atoms with Crippen molar-refractivity contribution in [2.24, 2.45) is 0 Å². The third-order valence-corrected chi connectivity index (χ3v) is 4.46. The molecular weight excluding hydrogens is 320 g/mol. The van der Waals surface area contributed by atoms with Crippen LogP contribution < -0.4 is 10.6 Å². The zero-order valence-electron chi connectivity index (χ0n) is 14.8. The van der Waals surface area contributed by atoms with Crippen LogP contribution in [-0.4, -0.2) is 11.7 Å². The molecular formula is C19H26N2O2S. The number of rotatable bonds is 6. The predicted octanol–water partition coefficient (Wildman–Crippen LogP) is 4.37. The van der Waals surface area contributed by atoms with Gasteiger partial charge in [0.2, 0.25) is 0 Å². The van der Waals surface area contributed by atoms with E-state index in [1.54, 1.807) is 11.3 Å². The van der Waals surface area contributed by atoms with E-state index in [4.69, 9.17) is 4.74 Å². The molecule has 1 aromatic heterocycles. The number of thiophene rings is 1. The van der Waals surface area contributed by atoms with Gasteiger partial charge in [-0.25, -0.2) is 4.79 Å². The van der Waals surface area contributed by atoms with Gasteiger partial charge in [-0.1, -0.05) is 24.3 Å². The molecule has 24 heavy (non-hydrogen) atoms. The van der Waals surface area contributed by atoms with Gasteiger partial charge in [-0.3, -0.25) is 0 Å². The first-order valence-corrected chi connectivity index (χ1v) is 9.00. The summed E-state index contributed by atoms with van der Waals surface area (Å²) in [5.41, 5.74) is 3.15. The number of amides is 1. The molecule has 0 radical (unpaired) electrons. The fourth-order valence-corrected chi connectivity index (χ4v) is 3.04. The van der Waals surface area contributed by atoms with Crippen LogP contribution in [0.25, 0.3) is 0 Å². The highest BCUT2D eigenvalue weighted by Crippen LogP contribution is 2.15. The molecule has 2 N–H and O–H groups in total. The Bertz CT molecular complexity index is 657. The van der Waals surface area contributed by atoms with Gasteiger partial charge in [-0.15, -0.1) is 11.3 Å². The van der Waals surface area contributed by atoms with Gasteiger partial charge in [-0.2, -0.15) is 0 Å². The molecule has 2 aromatic rings. The Morgan fingerprint density at radius 2 is 1.67 bits per heavy atom. The van der Waals surface area contributed by atoms with Crippen molar-refractivity contribution in [2.75, 3.05) is 0 Å². The second-order valence-electron chi connectivity index (χ2n) is 6.80. The number of benzene rings is 1. The quantitative estimate of drug-likeness (QED) is 0.816. The molecule has 0 aliphatic carbocycles. The Kier molecular flexibility index (Phi) is 6.40. The summed E-state index contributed by atoms with van der Waals surface area (Å²) in [4.78, 5) is 13.0. The van der Waals surface area contributed by atoms with E-state index in [0.717, 1.165) is 18.7 Å². The molecule has 0 atom stereocenters. The van der Waals surface area contributed by atoms with E-state index in [9.17, 15) is 4.79 Å². The first-order valence-electron chi connectivity index (χ1n) is 8.12. The molecule has 5 heteroatoms. The van der Waals surface area contributed by atoms with E-state index in [1.807, 2.05) is 32.9 Å². The fourth-order valence-electron chi connectivity index (χ4n) is 2.17. The number of ether oxygens (including phenoxy) is 1. The highest BCUT2D eigenvalue weighted by atomic mass is 32.1. The van der Waals surface area contributed by atoms with Gasteiger partial charge in [0.1, 0.15) is 5.60 Å². The first-order chi connectivity index (χ1) is 11.3. The number of nitrogens with one attached hydrogen (secondary N) is 2. The Morgan fingerprint density at radius 1 is 1.04 bits per heavy atom. The topological polar surface area (TPSA) is 50.4 Å². The number of carbonyl (C=O) groups is 1. The van der Waals surface area contributed by atoms with E-state index < -0.39 is 5.60 Å². The lowest BCUT2D eigenvalue weighted by atomic mass is 10.1. The van der Waals surface area contributed by atoms with Crippen molar-refractivity contribution in [3.05, 3.63) is 57.3 Å². The number of alkyl carbamates (subject to hydrolysis) is 1. The van der Waals surface area contributed by atoms with Crippen LogP contribution in [0, 0.1) is 6.92 Å². The van der Waals surface area contributed by atoms with Crippen LogP contribution in [0.3, 0.4) is 0 Å². The molecule has 0 fully saturated rings. The van der Waals surface area contributed by atoms with Crippen LogP contribution in [-0.2, 0) is 24.4 Å². The van der Waals surface area contributed by atoms with Crippen molar-refractivity contribution in [2.45, 2.75) is 52.9 Å². The minimum Gasteiger partial charge on any atom is -0.444 e. The van der Waals surface area contributed by atoms with Gasteiger partial charge in [0.05, 0.1) is 0 Å². The lowest BCUT2D eigenvalue weighted by molar-refractivity contribution is 0.0523. The smallest absolute Gasteiger partial charge is 0.407 e. The maximum absolute atomic E-state index is 11.6. The second-order valence-corrected chi connectivity index (χ2v) is 7.80. The van der Waals surface area contributed by atoms with Crippen molar-refractivity contribution >= 4 is 17.4 Å². The van der Waals surface area contributed by atoms with Crippen LogP contribution >= 0.6 is 11.3 Å². The summed E-state index contributed by atoms with van der Waals surface area (Å²) in [5.74, 6) is 0. The normalized spacial score (nSPS) is 11.3. The second kappa shape index (κ2) is 8.31. The van der Waals surface area contributed by atoms with Crippen molar-refractivity contribution < 1.29 is 9.53 Å². The molecule has 1 heterocycles. The molecule has 1 amide bonds. The number of hydrogen-bond donors (Lipinski definition) is 2. The molecule has 4 nitrogen and oxygen atoms in total. The van der Waals surface area contributed by atoms with E-state index >= 15 is 0 Å². The van der Waals surface area contributed by atoms with Crippen molar-refractivity contribution in [3.63, 3.8) is 0 Å². The molecule has 0 saturated carbocycles. The van der Waals surface area contributed by atoms with Crippen molar-refractivity contribution in [1.29, 1.82) is 0 Å². The Morgan fingerprint density at radius 3 is 2.21 bits per heavy atom. The number of hydrogen-bond acceptors (Lipinski definition) is 4. The molecule has 1 aromatic carbocycles. The molecule has 0 aliphatic heterocycles. The zero-order chi connectivity index (χ0) is 17.6. The van der Waals surface area contributed by atoms with E-state index in [1.165, 1.54) is 16.0 Å². The molecule has 0 unspecified atom stereocenters. The Labute approximate surface area is 148 Å². The summed E-state index contributed by atoms with van der Waals surface area (Å²) >= 11 is 1.79. The summed E-state index contributed by atoms with van der Waals surface area (Å²) in [6.07, 6.45) is -0.389. The van der Waals surface area contributed by atoms with Gasteiger partial charge in [0, 0.05) is 24.5 Å². The van der Waals surface area contributed by atoms with Crippen LogP contribution in [0.2, 0.25) is 0 Å². The fraction of sp³-hybridized carbons (Fsp3) is 0.421. The largest absolute Gasteiger partial charge is 0.444 e.